The molecule has 4 rings (SSSR count). The number of aliphatic carboxylic acids is 1. The van der Waals surface area contributed by atoms with Crippen LogP contribution < -0.4 is 15.0 Å². The Labute approximate surface area is 250 Å². The number of carbonyl (C=O) groups is 1. The number of aliphatic imine (C=N–C) groups is 1. The molecular formula is C32H38F3N3O3S. The van der Waals surface area contributed by atoms with E-state index < -0.39 is 11.9 Å². The van der Waals surface area contributed by atoms with Crippen LogP contribution in [-0.2, 0) is 11.2 Å². The van der Waals surface area contributed by atoms with Crippen LogP contribution in [0.2, 0.25) is 0 Å². The molecule has 0 amide bonds. The molecule has 0 saturated heterocycles. The molecule has 3 aromatic rings. The zero-order chi connectivity index (χ0) is 30.9. The standard InChI is InChI=1S/C29H32FN3O3S.C3H6F2/c1-19-6-7-20-12-13-33(26(20)15-19)29(31-2)28(21-8-10-22(30)11-9-21)32-23-16-24(36-3)18-25(17-23)37-14-4-5-27(34)35;1-3(2,4)5/h6-11,15-18,28,32H,4-5,12-14H2,1-3H3,(H,34,35);1-2H3. The van der Waals surface area contributed by atoms with Crippen molar-refractivity contribution < 1.29 is 27.8 Å². The number of ether oxygens (including phenoxy) is 1. The molecule has 0 fully saturated rings. The van der Waals surface area contributed by atoms with Crippen LogP contribution >= 0.6 is 11.8 Å². The van der Waals surface area contributed by atoms with Gasteiger partial charge in [0.05, 0.1) is 7.11 Å². The lowest BCUT2D eigenvalue weighted by Crippen LogP contribution is -2.37. The molecule has 0 saturated carbocycles. The zero-order valence-electron chi connectivity index (χ0n) is 24.6. The first-order chi connectivity index (χ1) is 19.9. The molecule has 0 bridgehead atoms. The van der Waals surface area contributed by atoms with Gasteiger partial charge in [0.25, 0.3) is 0 Å². The number of benzene rings is 3. The van der Waals surface area contributed by atoms with Crippen molar-refractivity contribution in [3.8, 4) is 5.75 Å². The van der Waals surface area contributed by atoms with E-state index in [9.17, 15) is 18.0 Å². The number of hydrogen-bond donors (Lipinski definition) is 2. The first kappa shape index (κ1) is 32.8. The number of thioether (sulfide) groups is 1. The Balaban J connectivity index is 0.000000892. The van der Waals surface area contributed by atoms with Crippen LogP contribution in [0.1, 0.15) is 49.4 Å². The van der Waals surface area contributed by atoms with E-state index in [1.165, 1.54) is 23.3 Å². The van der Waals surface area contributed by atoms with Gasteiger partial charge in [-0.25, -0.2) is 13.2 Å². The average Bonchev–Trinajstić information content (AvgIpc) is 3.33. The number of nitrogens with zero attached hydrogens (tertiary/aromatic N) is 2. The quantitative estimate of drug-likeness (QED) is 0.106. The van der Waals surface area contributed by atoms with Gasteiger partial charge >= 0.3 is 5.97 Å². The number of anilines is 2. The van der Waals surface area contributed by atoms with Gasteiger partial charge in [-0.3, -0.25) is 9.79 Å². The Morgan fingerprint density at radius 1 is 1.14 bits per heavy atom. The highest BCUT2D eigenvalue weighted by atomic mass is 32.2. The van der Waals surface area contributed by atoms with Gasteiger partial charge in [0.15, 0.2) is 0 Å². The molecule has 1 aliphatic heterocycles. The number of rotatable bonds is 10. The molecule has 1 unspecified atom stereocenters. The van der Waals surface area contributed by atoms with E-state index in [1.807, 2.05) is 18.2 Å². The van der Waals surface area contributed by atoms with Gasteiger partial charge in [-0.2, -0.15) is 0 Å². The van der Waals surface area contributed by atoms with E-state index in [-0.39, 0.29) is 18.3 Å². The summed E-state index contributed by atoms with van der Waals surface area (Å²) in [6.07, 6.45) is 1.65. The summed E-state index contributed by atoms with van der Waals surface area (Å²) in [5, 5.41) is 12.6. The number of carboxylic acid groups (broad SMARTS) is 1. The molecule has 42 heavy (non-hydrogen) atoms. The molecule has 10 heteroatoms. The second kappa shape index (κ2) is 15.0. The van der Waals surface area contributed by atoms with Gasteiger partial charge in [0.2, 0.25) is 5.92 Å². The molecule has 226 valence electrons. The van der Waals surface area contributed by atoms with Crippen LogP contribution in [0.3, 0.4) is 0 Å². The van der Waals surface area contributed by atoms with Gasteiger partial charge in [-0.15, -0.1) is 11.8 Å². The van der Waals surface area contributed by atoms with Crippen LogP contribution in [-0.4, -0.2) is 49.3 Å². The van der Waals surface area contributed by atoms with Crippen molar-refractivity contribution in [2.75, 3.05) is 36.7 Å². The van der Waals surface area contributed by atoms with E-state index >= 15 is 0 Å². The van der Waals surface area contributed by atoms with Gasteiger partial charge in [0, 0.05) is 42.3 Å². The number of methoxy groups -OCH3 is 1. The van der Waals surface area contributed by atoms with Crippen molar-refractivity contribution in [1.82, 2.24) is 0 Å². The lowest BCUT2D eigenvalue weighted by Gasteiger charge is -2.30. The summed E-state index contributed by atoms with van der Waals surface area (Å²) in [5.41, 5.74) is 5.34. The number of carboxylic acids is 1. The number of hydrogen-bond acceptors (Lipinski definition) is 5. The van der Waals surface area contributed by atoms with E-state index in [2.05, 4.69) is 35.3 Å². The summed E-state index contributed by atoms with van der Waals surface area (Å²) < 4.78 is 41.4. The number of halogens is 3. The Hall–Kier alpha value is -3.66. The minimum absolute atomic E-state index is 0.141. The second-order valence-electron chi connectivity index (χ2n) is 10.3. The highest BCUT2D eigenvalue weighted by Gasteiger charge is 2.29. The van der Waals surface area contributed by atoms with E-state index in [4.69, 9.17) is 14.8 Å². The number of alkyl halides is 2. The monoisotopic (exact) mass is 601 g/mol. The minimum atomic E-state index is -2.50. The Morgan fingerprint density at radius 2 is 1.83 bits per heavy atom. The topological polar surface area (TPSA) is 74.2 Å². The lowest BCUT2D eigenvalue weighted by molar-refractivity contribution is -0.137. The van der Waals surface area contributed by atoms with Gasteiger partial charge < -0.3 is 20.1 Å². The van der Waals surface area contributed by atoms with Crippen LogP contribution in [0.15, 0.2) is 70.6 Å². The molecule has 6 nitrogen and oxygen atoms in total. The highest BCUT2D eigenvalue weighted by Crippen LogP contribution is 2.35. The third kappa shape index (κ3) is 10.0. The number of fused-ring (bicyclic) bond motifs is 1. The van der Waals surface area contributed by atoms with Crippen LogP contribution in [0.4, 0.5) is 24.5 Å². The highest BCUT2D eigenvalue weighted by molar-refractivity contribution is 7.99. The fraction of sp³-hybridized carbons (Fsp3) is 0.375. The van der Waals surface area contributed by atoms with Crippen molar-refractivity contribution in [3.05, 3.63) is 83.2 Å². The number of aryl methyl sites for hydroxylation is 1. The number of amidine groups is 1. The van der Waals surface area contributed by atoms with Crippen molar-refractivity contribution in [2.24, 2.45) is 4.99 Å². The first-order valence-corrected chi connectivity index (χ1v) is 14.6. The predicted octanol–water partition coefficient (Wildman–Crippen LogP) is 8.01. The SMILES string of the molecule is CC(C)(F)F.CN=C(C(Nc1cc(OC)cc(SCCCC(=O)O)c1)c1ccc(F)cc1)N1CCc2ccc(C)cc21. The maximum atomic E-state index is 13.8. The van der Waals surface area contributed by atoms with E-state index in [0.29, 0.717) is 17.9 Å². The lowest BCUT2D eigenvalue weighted by atomic mass is 10.0. The molecular weight excluding hydrogens is 563 g/mol. The molecule has 1 atom stereocenters. The Kier molecular flexibility index (Phi) is 11.7. The molecule has 1 heterocycles. The van der Waals surface area contributed by atoms with Gasteiger partial charge in [-0.1, -0.05) is 24.3 Å². The van der Waals surface area contributed by atoms with E-state index in [1.54, 1.807) is 38.1 Å². The molecule has 1 aliphatic rings. The summed E-state index contributed by atoms with van der Waals surface area (Å²) in [7, 11) is 3.41. The second-order valence-corrected chi connectivity index (χ2v) is 11.5. The molecule has 2 N–H and O–H groups in total. The maximum Gasteiger partial charge on any atom is 0.303 e. The largest absolute Gasteiger partial charge is 0.497 e. The third-order valence-corrected chi connectivity index (χ3v) is 7.40. The van der Waals surface area contributed by atoms with E-state index in [0.717, 1.165) is 54.5 Å². The average molecular weight is 602 g/mol. The third-order valence-electron chi connectivity index (χ3n) is 6.33. The van der Waals surface area contributed by atoms with Crippen LogP contribution in [0, 0.1) is 12.7 Å². The van der Waals surface area contributed by atoms with Crippen molar-refractivity contribution in [1.29, 1.82) is 0 Å². The molecule has 0 spiro atoms. The maximum absolute atomic E-state index is 13.8. The summed E-state index contributed by atoms with van der Waals surface area (Å²) in [6, 6.07) is 18.6. The van der Waals surface area contributed by atoms with Gasteiger partial charge in [-0.05, 0) is 86.4 Å². The zero-order valence-corrected chi connectivity index (χ0v) is 25.4. The molecule has 3 aromatic carbocycles. The fourth-order valence-electron chi connectivity index (χ4n) is 4.52. The minimum Gasteiger partial charge on any atom is -0.497 e. The Morgan fingerprint density at radius 3 is 2.45 bits per heavy atom. The smallest absolute Gasteiger partial charge is 0.303 e. The number of nitrogens with one attached hydrogen (secondary N) is 1. The molecule has 0 radical (unpaired) electrons. The predicted molar refractivity (Wildman–Crippen MR) is 165 cm³/mol. The molecule has 0 aromatic heterocycles. The summed E-state index contributed by atoms with van der Waals surface area (Å²) in [5.74, 6) is -1.36. The first-order valence-electron chi connectivity index (χ1n) is 13.6. The summed E-state index contributed by atoms with van der Waals surface area (Å²) >= 11 is 1.59. The molecule has 0 aliphatic carbocycles. The fourth-order valence-corrected chi connectivity index (χ4v) is 5.46. The van der Waals surface area contributed by atoms with Gasteiger partial charge in [0.1, 0.15) is 23.4 Å². The Bertz CT molecular complexity index is 1370. The summed E-state index contributed by atoms with van der Waals surface area (Å²) in [6.45, 7) is 4.61. The normalized spacial score (nSPS) is 13.6. The van der Waals surface area contributed by atoms with Crippen molar-refractivity contribution in [3.63, 3.8) is 0 Å². The van der Waals surface area contributed by atoms with Crippen molar-refractivity contribution in [2.45, 2.75) is 56.9 Å². The summed E-state index contributed by atoms with van der Waals surface area (Å²) in [4.78, 5) is 18.8. The van der Waals surface area contributed by atoms with Crippen molar-refractivity contribution >= 4 is 34.9 Å². The van der Waals surface area contributed by atoms with Crippen LogP contribution in [0.5, 0.6) is 5.75 Å². The van der Waals surface area contributed by atoms with Crippen LogP contribution in [0.25, 0.3) is 0 Å².